The average Bonchev–Trinajstić information content (AvgIpc) is 2.77. The molecule has 5 nitrogen and oxygen atoms in total. The van der Waals surface area contributed by atoms with Gasteiger partial charge >= 0.3 is 0 Å². The molecule has 136 valence electrons. The molecule has 0 aliphatic heterocycles. The maximum Gasteiger partial charge on any atom is 0.101 e. The Morgan fingerprint density at radius 1 is 0.917 bits per heavy atom. The molecule has 0 unspecified atom stereocenters. The molecule has 0 saturated heterocycles. The topological polar surface area (TPSA) is 101 Å². The van der Waals surface area contributed by atoms with E-state index in [0.717, 1.165) is 24.8 Å². The van der Waals surface area contributed by atoms with Crippen molar-refractivity contribution in [3.63, 3.8) is 0 Å². The van der Waals surface area contributed by atoms with E-state index in [1.54, 1.807) is 6.08 Å². The predicted octanol–water partition coefficient (Wildman–Crippen LogP) is 0.583. The van der Waals surface area contributed by atoms with Gasteiger partial charge in [0, 0.05) is 0 Å². The molecule has 5 heteroatoms. The van der Waals surface area contributed by atoms with Crippen molar-refractivity contribution in [3.8, 4) is 0 Å². The highest BCUT2D eigenvalue weighted by Gasteiger charge is 2.63. The zero-order chi connectivity index (χ0) is 17.4. The number of rotatable bonds is 0. The summed E-state index contributed by atoms with van der Waals surface area (Å²) in [5.74, 6) is 0.284. The summed E-state index contributed by atoms with van der Waals surface area (Å²) >= 11 is 0. The summed E-state index contributed by atoms with van der Waals surface area (Å²) in [7, 11) is 0. The Labute approximate surface area is 143 Å². The van der Waals surface area contributed by atoms with Crippen molar-refractivity contribution in [2.75, 3.05) is 0 Å². The lowest BCUT2D eigenvalue weighted by atomic mass is 9.47. The molecule has 0 aromatic heterocycles. The van der Waals surface area contributed by atoms with Gasteiger partial charge in [0.2, 0.25) is 0 Å². The van der Waals surface area contributed by atoms with E-state index in [4.69, 9.17) is 0 Å². The monoisotopic (exact) mass is 338 g/mol. The summed E-state index contributed by atoms with van der Waals surface area (Å²) in [6.45, 7) is 4.20. The summed E-state index contributed by atoms with van der Waals surface area (Å²) in [5, 5.41) is 52.1. The molecule has 0 bridgehead atoms. The van der Waals surface area contributed by atoms with Crippen LogP contribution in [0.4, 0.5) is 0 Å². The highest BCUT2D eigenvalue weighted by Crippen LogP contribution is 2.64. The summed E-state index contributed by atoms with van der Waals surface area (Å²) in [6.07, 6.45) is 1.57. The molecule has 0 spiro atoms. The van der Waals surface area contributed by atoms with E-state index in [9.17, 15) is 25.5 Å². The summed E-state index contributed by atoms with van der Waals surface area (Å²) in [6, 6.07) is 0. The molecule has 0 radical (unpaired) electrons. The minimum atomic E-state index is -0.896. The van der Waals surface area contributed by atoms with Gasteiger partial charge in [0.15, 0.2) is 0 Å². The third-order valence-corrected chi connectivity index (χ3v) is 8.17. The van der Waals surface area contributed by atoms with Crippen molar-refractivity contribution in [2.45, 2.75) is 76.5 Å². The van der Waals surface area contributed by atoms with Gasteiger partial charge in [-0.1, -0.05) is 19.9 Å². The van der Waals surface area contributed by atoms with Crippen molar-refractivity contribution < 1.29 is 25.5 Å². The van der Waals surface area contributed by atoms with Gasteiger partial charge in [-0.25, -0.2) is 0 Å². The van der Waals surface area contributed by atoms with Crippen molar-refractivity contribution >= 4 is 0 Å². The summed E-state index contributed by atoms with van der Waals surface area (Å²) in [4.78, 5) is 0. The second kappa shape index (κ2) is 5.27. The Morgan fingerprint density at radius 2 is 1.62 bits per heavy atom. The van der Waals surface area contributed by atoms with Crippen LogP contribution in [0.3, 0.4) is 0 Å². The van der Waals surface area contributed by atoms with Gasteiger partial charge in [-0.2, -0.15) is 0 Å². The standard InChI is InChI=1S/C19H30O5/c1-18-6-4-12(20)16(23)11(18)8-13(21)15-9(18)3-5-19(2)10(15)7-14(22)17(19)24/h8-10,12-17,20-24H,3-7H2,1-2H3/t9-,10-,12+,13-,14+,15+,16+,17-,18+,19-/m0/s1. The zero-order valence-corrected chi connectivity index (χ0v) is 14.5. The van der Waals surface area contributed by atoms with E-state index in [0.29, 0.717) is 12.8 Å². The fourth-order valence-corrected chi connectivity index (χ4v) is 6.68. The second-order valence-electron chi connectivity index (χ2n) is 9.16. The van der Waals surface area contributed by atoms with Crippen LogP contribution >= 0.6 is 0 Å². The third-order valence-electron chi connectivity index (χ3n) is 8.17. The van der Waals surface area contributed by atoms with E-state index in [2.05, 4.69) is 6.92 Å². The number of hydrogen-bond donors (Lipinski definition) is 5. The van der Waals surface area contributed by atoms with E-state index in [-0.39, 0.29) is 28.6 Å². The van der Waals surface area contributed by atoms with Crippen LogP contribution in [0, 0.1) is 28.6 Å². The lowest BCUT2D eigenvalue weighted by Crippen LogP contribution is -2.57. The molecule has 3 saturated carbocycles. The van der Waals surface area contributed by atoms with Gasteiger partial charge in [-0.15, -0.1) is 0 Å². The van der Waals surface area contributed by atoms with E-state index in [1.807, 2.05) is 6.92 Å². The Hall–Kier alpha value is -0.460. The molecule has 0 aromatic carbocycles. The van der Waals surface area contributed by atoms with E-state index in [1.165, 1.54) is 0 Å². The molecular weight excluding hydrogens is 308 g/mol. The lowest BCUT2D eigenvalue weighted by molar-refractivity contribution is -0.120. The molecule has 24 heavy (non-hydrogen) atoms. The first kappa shape index (κ1) is 17.0. The highest BCUT2D eigenvalue weighted by molar-refractivity contribution is 5.31. The molecule has 4 aliphatic rings. The SMILES string of the molecule is C[C@]12CC[C@H]3[C@@H]([C@@H](O)C=C4[C@@H](O)[C@H](O)CC[C@@]43C)[C@@H]1C[C@@H](O)[C@@H]2O. The number of aliphatic hydroxyl groups is 5. The zero-order valence-electron chi connectivity index (χ0n) is 14.5. The largest absolute Gasteiger partial charge is 0.390 e. The van der Waals surface area contributed by atoms with Gasteiger partial charge in [0.05, 0.1) is 24.4 Å². The van der Waals surface area contributed by atoms with Crippen LogP contribution in [0.15, 0.2) is 11.6 Å². The van der Waals surface area contributed by atoms with Crippen molar-refractivity contribution in [3.05, 3.63) is 11.6 Å². The number of aliphatic hydroxyl groups excluding tert-OH is 5. The lowest BCUT2D eigenvalue weighted by Gasteiger charge is -2.59. The third kappa shape index (κ3) is 1.99. The van der Waals surface area contributed by atoms with Crippen molar-refractivity contribution in [1.82, 2.24) is 0 Å². The van der Waals surface area contributed by atoms with Crippen molar-refractivity contribution in [1.29, 1.82) is 0 Å². The maximum atomic E-state index is 10.9. The normalized spacial score (nSPS) is 60.0. The van der Waals surface area contributed by atoms with Crippen molar-refractivity contribution in [2.24, 2.45) is 28.6 Å². The molecule has 4 aliphatic carbocycles. The molecular formula is C19H30O5. The van der Waals surface area contributed by atoms with Gasteiger partial charge in [0.1, 0.15) is 6.10 Å². The fraction of sp³-hybridized carbons (Fsp3) is 0.895. The van der Waals surface area contributed by atoms with Crippen LogP contribution in [0.2, 0.25) is 0 Å². The minimum absolute atomic E-state index is 0.00765. The van der Waals surface area contributed by atoms with Crippen LogP contribution < -0.4 is 0 Å². The van der Waals surface area contributed by atoms with Gasteiger partial charge < -0.3 is 25.5 Å². The number of hydrogen-bond acceptors (Lipinski definition) is 5. The first-order valence-corrected chi connectivity index (χ1v) is 9.32. The van der Waals surface area contributed by atoms with E-state index >= 15 is 0 Å². The Bertz CT molecular complexity index is 562. The Balaban J connectivity index is 1.76. The van der Waals surface area contributed by atoms with Crippen LogP contribution in [0.25, 0.3) is 0 Å². The second-order valence-corrected chi connectivity index (χ2v) is 9.16. The Kier molecular flexibility index (Phi) is 3.73. The molecule has 3 fully saturated rings. The first-order chi connectivity index (χ1) is 11.2. The maximum absolute atomic E-state index is 10.9. The smallest absolute Gasteiger partial charge is 0.101 e. The fourth-order valence-electron chi connectivity index (χ4n) is 6.68. The number of fused-ring (bicyclic) bond motifs is 5. The molecule has 4 rings (SSSR count). The van der Waals surface area contributed by atoms with E-state index < -0.39 is 30.5 Å². The van der Waals surface area contributed by atoms with Crippen LogP contribution in [-0.2, 0) is 0 Å². The molecule has 0 aromatic rings. The van der Waals surface area contributed by atoms with Crippen LogP contribution in [0.5, 0.6) is 0 Å². The van der Waals surface area contributed by atoms with Gasteiger partial charge in [-0.3, -0.25) is 0 Å². The molecule has 10 atom stereocenters. The highest BCUT2D eigenvalue weighted by atomic mass is 16.3. The van der Waals surface area contributed by atoms with Crippen LogP contribution in [0.1, 0.15) is 46.0 Å². The molecule has 5 N–H and O–H groups in total. The molecule has 0 heterocycles. The molecule has 0 amide bonds. The average molecular weight is 338 g/mol. The Morgan fingerprint density at radius 3 is 2.33 bits per heavy atom. The van der Waals surface area contributed by atoms with Gasteiger partial charge in [-0.05, 0) is 66.3 Å². The quantitative estimate of drug-likeness (QED) is 0.416. The first-order valence-electron chi connectivity index (χ1n) is 9.32. The minimum Gasteiger partial charge on any atom is -0.390 e. The summed E-state index contributed by atoms with van der Waals surface area (Å²) in [5.41, 5.74) is 0.219. The van der Waals surface area contributed by atoms with Crippen LogP contribution in [-0.4, -0.2) is 56.1 Å². The predicted molar refractivity (Wildman–Crippen MR) is 87.9 cm³/mol. The summed E-state index contributed by atoms with van der Waals surface area (Å²) < 4.78 is 0. The van der Waals surface area contributed by atoms with Gasteiger partial charge in [0.25, 0.3) is 0 Å².